The van der Waals surface area contributed by atoms with Gasteiger partial charge in [-0.05, 0) is 56.5 Å². The number of carbonyl (C=O) groups is 1. The Morgan fingerprint density at radius 3 is 2.65 bits per heavy atom. The highest BCUT2D eigenvalue weighted by Crippen LogP contribution is 2.25. The maximum Gasteiger partial charge on any atom is 0.248 e. The lowest BCUT2D eigenvalue weighted by molar-refractivity contribution is 0.1000. The summed E-state index contributed by atoms with van der Waals surface area (Å²) >= 11 is 0. The highest BCUT2D eigenvalue weighted by atomic mass is 16.3. The number of aliphatic hydroxyl groups excluding tert-OH is 1. The van der Waals surface area contributed by atoms with Gasteiger partial charge in [-0.15, -0.1) is 0 Å². The molecule has 126 valence electrons. The largest absolute Gasteiger partial charge is 0.395 e. The van der Waals surface area contributed by atoms with Crippen LogP contribution in [-0.4, -0.2) is 59.1 Å². The van der Waals surface area contributed by atoms with E-state index in [9.17, 15) is 9.90 Å². The van der Waals surface area contributed by atoms with Crippen molar-refractivity contribution >= 4 is 5.91 Å². The Bertz CT molecular complexity index is 549. The number of hydrogen-bond donors (Lipinski definition) is 2. The minimum atomic E-state index is -0.368. The van der Waals surface area contributed by atoms with Crippen molar-refractivity contribution in [1.29, 1.82) is 0 Å². The summed E-state index contributed by atoms with van der Waals surface area (Å²) in [5, 5.41) is 9.49. The van der Waals surface area contributed by atoms with Crippen molar-refractivity contribution in [3.63, 3.8) is 0 Å². The van der Waals surface area contributed by atoms with Gasteiger partial charge >= 0.3 is 0 Å². The van der Waals surface area contributed by atoms with Gasteiger partial charge < -0.3 is 10.8 Å². The molecule has 0 spiro atoms. The Kier molecular flexibility index (Phi) is 5.30. The molecule has 5 nitrogen and oxygen atoms in total. The molecular formula is C18H27N3O2. The van der Waals surface area contributed by atoms with Crippen molar-refractivity contribution in [2.24, 2.45) is 5.73 Å². The van der Waals surface area contributed by atoms with Crippen LogP contribution >= 0.6 is 0 Å². The van der Waals surface area contributed by atoms with Crippen LogP contribution in [0.5, 0.6) is 0 Å². The predicted molar refractivity (Wildman–Crippen MR) is 90.1 cm³/mol. The fraction of sp³-hybridized carbons (Fsp3) is 0.611. The summed E-state index contributed by atoms with van der Waals surface area (Å²) in [6.45, 7) is 4.38. The van der Waals surface area contributed by atoms with E-state index in [4.69, 9.17) is 5.73 Å². The highest BCUT2D eigenvalue weighted by molar-refractivity contribution is 5.92. The molecule has 2 heterocycles. The molecule has 5 heteroatoms. The molecule has 0 aromatic heterocycles. The minimum absolute atomic E-state index is 0.271. The van der Waals surface area contributed by atoms with Gasteiger partial charge in [-0.1, -0.05) is 12.1 Å². The number of aliphatic hydroxyl groups is 1. The van der Waals surface area contributed by atoms with E-state index in [0.29, 0.717) is 17.6 Å². The Balaban J connectivity index is 1.63. The second kappa shape index (κ2) is 7.43. The Hall–Kier alpha value is -1.43. The molecule has 3 N–H and O–H groups in total. The van der Waals surface area contributed by atoms with E-state index in [0.717, 1.165) is 38.2 Å². The van der Waals surface area contributed by atoms with Crippen LogP contribution in [0.2, 0.25) is 0 Å². The van der Waals surface area contributed by atoms with Crippen LogP contribution in [-0.2, 0) is 6.54 Å². The summed E-state index contributed by atoms with van der Waals surface area (Å²) in [7, 11) is 0. The van der Waals surface area contributed by atoms with Crippen molar-refractivity contribution in [2.45, 2.75) is 44.3 Å². The summed E-state index contributed by atoms with van der Waals surface area (Å²) in [6.07, 6.45) is 4.74. The summed E-state index contributed by atoms with van der Waals surface area (Å²) in [6, 6.07) is 8.53. The fourth-order valence-electron chi connectivity index (χ4n) is 3.98. The number of benzene rings is 1. The molecule has 1 aromatic rings. The Morgan fingerprint density at radius 2 is 1.91 bits per heavy atom. The van der Waals surface area contributed by atoms with Gasteiger partial charge in [0.25, 0.3) is 0 Å². The lowest BCUT2D eigenvalue weighted by atomic mass is 10.1. The Labute approximate surface area is 138 Å². The van der Waals surface area contributed by atoms with E-state index >= 15 is 0 Å². The van der Waals surface area contributed by atoms with Crippen LogP contribution in [0.1, 0.15) is 41.6 Å². The van der Waals surface area contributed by atoms with Crippen LogP contribution in [0.15, 0.2) is 24.3 Å². The molecule has 23 heavy (non-hydrogen) atoms. The normalized spacial score (nSPS) is 26.0. The van der Waals surface area contributed by atoms with E-state index in [-0.39, 0.29) is 12.5 Å². The zero-order chi connectivity index (χ0) is 16.2. The van der Waals surface area contributed by atoms with Crippen LogP contribution < -0.4 is 5.73 Å². The number of amides is 1. The molecule has 1 amide bonds. The van der Waals surface area contributed by atoms with E-state index in [2.05, 4.69) is 15.9 Å². The molecular weight excluding hydrogens is 290 g/mol. The first-order chi connectivity index (χ1) is 11.2. The predicted octanol–water partition coefficient (Wildman–Crippen LogP) is 1.21. The molecule has 0 aliphatic carbocycles. The van der Waals surface area contributed by atoms with E-state index in [1.54, 1.807) is 6.07 Å². The standard InChI is InChI=1S/C18H27N3O2/c19-18(23)15-5-1-4-14(10-15)11-20-8-2-6-16(20)12-21-9-3-7-17(21)13-22/h1,4-5,10,16-17,22H,2-3,6-9,11-13H2,(H2,19,23). The lowest BCUT2D eigenvalue weighted by Gasteiger charge is -2.31. The van der Waals surface area contributed by atoms with Gasteiger partial charge in [0.1, 0.15) is 0 Å². The number of rotatable bonds is 6. The molecule has 1 aromatic carbocycles. The fourth-order valence-corrected chi connectivity index (χ4v) is 3.98. The van der Waals surface area contributed by atoms with Crippen LogP contribution in [0.3, 0.4) is 0 Å². The van der Waals surface area contributed by atoms with E-state index < -0.39 is 0 Å². The van der Waals surface area contributed by atoms with E-state index in [1.807, 2.05) is 12.1 Å². The molecule has 2 saturated heterocycles. The van der Waals surface area contributed by atoms with Gasteiger partial charge in [0.2, 0.25) is 5.91 Å². The van der Waals surface area contributed by atoms with Crippen molar-refractivity contribution in [3.8, 4) is 0 Å². The monoisotopic (exact) mass is 317 g/mol. The van der Waals surface area contributed by atoms with Crippen molar-refractivity contribution in [3.05, 3.63) is 35.4 Å². The topological polar surface area (TPSA) is 69.8 Å². The van der Waals surface area contributed by atoms with Gasteiger partial charge in [-0.25, -0.2) is 0 Å². The smallest absolute Gasteiger partial charge is 0.248 e. The minimum Gasteiger partial charge on any atom is -0.395 e. The molecule has 2 aliphatic rings. The van der Waals surface area contributed by atoms with Crippen LogP contribution in [0.4, 0.5) is 0 Å². The SMILES string of the molecule is NC(=O)c1cccc(CN2CCCC2CN2CCCC2CO)c1. The summed E-state index contributed by atoms with van der Waals surface area (Å²) in [5.74, 6) is -0.368. The lowest BCUT2D eigenvalue weighted by Crippen LogP contribution is -2.43. The summed E-state index contributed by atoms with van der Waals surface area (Å²) < 4.78 is 0. The third-order valence-corrected chi connectivity index (χ3v) is 5.25. The second-order valence-corrected chi connectivity index (χ2v) is 6.80. The molecule has 3 rings (SSSR count). The van der Waals surface area contributed by atoms with Crippen molar-refractivity contribution in [2.75, 3.05) is 26.2 Å². The molecule has 2 unspecified atom stereocenters. The first-order valence-corrected chi connectivity index (χ1v) is 8.65. The highest BCUT2D eigenvalue weighted by Gasteiger charge is 2.31. The quantitative estimate of drug-likeness (QED) is 0.827. The maximum absolute atomic E-state index is 11.3. The maximum atomic E-state index is 11.3. The molecule has 0 radical (unpaired) electrons. The molecule has 2 aliphatic heterocycles. The molecule has 0 saturated carbocycles. The van der Waals surface area contributed by atoms with Gasteiger partial charge in [0, 0.05) is 30.7 Å². The zero-order valence-electron chi connectivity index (χ0n) is 13.7. The first kappa shape index (κ1) is 16.4. The van der Waals surface area contributed by atoms with Gasteiger partial charge in [0.05, 0.1) is 6.61 Å². The van der Waals surface area contributed by atoms with Crippen LogP contribution in [0.25, 0.3) is 0 Å². The number of hydrogen-bond acceptors (Lipinski definition) is 4. The number of likely N-dealkylation sites (tertiary alicyclic amines) is 2. The second-order valence-electron chi connectivity index (χ2n) is 6.80. The average Bonchev–Trinajstić information content (AvgIpc) is 3.17. The number of primary amides is 1. The van der Waals surface area contributed by atoms with Gasteiger partial charge in [-0.3, -0.25) is 14.6 Å². The Morgan fingerprint density at radius 1 is 1.17 bits per heavy atom. The first-order valence-electron chi connectivity index (χ1n) is 8.65. The van der Waals surface area contributed by atoms with Gasteiger partial charge in [0.15, 0.2) is 0 Å². The zero-order valence-corrected chi connectivity index (χ0v) is 13.7. The number of nitrogens with two attached hydrogens (primary N) is 1. The molecule has 2 fully saturated rings. The van der Waals surface area contributed by atoms with Gasteiger partial charge in [-0.2, -0.15) is 0 Å². The van der Waals surface area contributed by atoms with E-state index in [1.165, 1.54) is 19.3 Å². The number of carbonyl (C=O) groups excluding carboxylic acids is 1. The third kappa shape index (κ3) is 3.91. The molecule has 2 atom stereocenters. The third-order valence-electron chi connectivity index (χ3n) is 5.25. The summed E-state index contributed by atoms with van der Waals surface area (Å²) in [4.78, 5) is 16.3. The van der Waals surface area contributed by atoms with Crippen molar-refractivity contribution < 1.29 is 9.90 Å². The number of nitrogens with zero attached hydrogens (tertiary/aromatic N) is 2. The van der Waals surface area contributed by atoms with Crippen molar-refractivity contribution in [1.82, 2.24) is 9.80 Å². The van der Waals surface area contributed by atoms with Crippen LogP contribution in [0, 0.1) is 0 Å². The summed E-state index contributed by atoms with van der Waals surface area (Å²) in [5.41, 5.74) is 7.10. The average molecular weight is 317 g/mol. The molecule has 0 bridgehead atoms.